The number of nitrogens with zero attached hydrogens (tertiary/aromatic N) is 1. The summed E-state index contributed by atoms with van der Waals surface area (Å²) in [4.78, 5) is 25.2. The largest absolute Gasteiger partial charge is 0.465 e. The maximum absolute atomic E-state index is 11.7. The van der Waals surface area contributed by atoms with Crippen LogP contribution < -0.4 is 0 Å². The van der Waals surface area contributed by atoms with E-state index in [0.717, 1.165) is 0 Å². The van der Waals surface area contributed by atoms with Gasteiger partial charge in [-0.2, -0.15) is 0 Å². The summed E-state index contributed by atoms with van der Waals surface area (Å²) in [5.74, 6) is -0.649. The highest BCUT2D eigenvalue weighted by molar-refractivity contribution is 9.09. The maximum atomic E-state index is 11.7. The Labute approximate surface area is 117 Å². The van der Waals surface area contributed by atoms with Crippen LogP contribution in [0.25, 0.3) is 0 Å². The normalized spacial score (nSPS) is 14.1. The quantitative estimate of drug-likeness (QED) is 0.501. The number of alkyl halides is 1. The van der Waals surface area contributed by atoms with Crippen LogP contribution in [0.5, 0.6) is 0 Å². The molecule has 0 bridgehead atoms. The molecule has 0 amide bonds. The summed E-state index contributed by atoms with van der Waals surface area (Å²) >= 11 is 3.32. The number of halogens is 1. The van der Waals surface area contributed by atoms with E-state index in [4.69, 9.17) is 9.47 Å². The number of carbonyl (C=O) groups excluding carboxylic acids is 2. The molecule has 2 unspecified atom stereocenters. The van der Waals surface area contributed by atoms with Crippen LogP contribution in [-0.2, 0) is 19.1 Å². The van der Waals surface area contributed by atoms with Crippen LogP contribution >= 0.6 is 15.9 Å². The van der Waals surface area contributed by atoms with Gasteiger partial charge in [-0.05, 0) is 27.7 Å². The van der Waals surface area contributed by atoms with Gasteiger partial charge in [-0.25, -0.2) is 0 Å². The SMILES string of the molecule is CCOC(=O)C(C)N(CCBr)C(C)C(=O)OCC. The van der Waals surface area contributed by atoms with Crippen LogP contribution in [0.4, 0.5) is 0 Å². The highest BCUT2D eigenvalue weighted by Crippen LogP contribution is 2.10. The van der Waals surface area contributed by atoms with Gasteiger partial charge in [0, 0.05) is 11.9 Å². The van der Waals surface area contributed by atoms with E-state index in [0.29, 0.717) is 25.1 Å². The lowest BCUT2D eigenvalue weighted by Gasteiger charge is -2.31. The van der Waals surface area contributed by atoms with Crippen molar-refractivity contribution in [2.75, 3.05) is 25.1 Å². The molecule has 0 heterocycles. The number of carbonyl (C=O) groups is 2. The van der Waals surface area contributed by atoms with Crippen LogP contribution in [0.15, 0.2) is 0 Å². The summed E-state index contributed by atoms with van der Waals surface area (Å²) in [6.07, 6.45) is 0. The first-order chi connectivity index (χ1) is 8.49. The first-order valence-electron chi connectivity index (χ1n) is 6.14. The van der Waals surface area contributed by atoms with Gasteiger partial charge in [-0.15, -0.1) is 0 Å². The fourth-order valence-corrected chi connectivity index (χ4v) is 2.03. The summed E-state index contributed by atoms with van der Waals surface area (Å²) in [7, 11) is 0. The van der Waals surface area contributed by atoms with Crippen LogP contribution in [0.3, 0.4) is 0 Å². The van der Waals surface area contributed by atoms with E-state index in [1.54, 1.807) is 32.6 Å². The van der Waals surface area contributed by atoms with E-state index in [2.05, 4.69) is 15.9 Å². The Balaban J connectivity index is 4.71. The van der Waals surface area contributed by atoms with E-state index >= 15 is 0 Å². The van der Waals surface area contributed by atoms with Gasteiger partial charge in [0.1, 0.15) is 12.1 Å². The lowest BCUT2D eigenvalue weighted by atomic mass is 10.2. The Kier molecular flexibility index (Phi) is 9.01. The molecule has 0 aromatic carbocycles. The molecule has 0 rings (SSSR count). The fraction of sp³-hybridized carbons (Fsp3) is 0.833. The summed E-state index contributed by atoms with van der Waals surface area (Å²) in [5.41, 5.74) is 0. The summed E-state index contributed by atoms with van der Waals surface area (Å²) in [5, 5.41) is 0.667. The second-order valence-corrected chi connectivity index (χ2v) is 4.58. The Bertz CT molecular complexity index is 249. The Morgan fingerprint density at radius 3 is 1.72 bits per heavy atom. The average molecular weight is 324 g/mol. The minimum atomic E-state index is -0.470. The summed E-state index contributed by atoms with van der Waals surface area (Å²) in [6.45, 7) is 8.22. The number of esters is 2. The number of ether oxygens (including phenoxy) is 2. The smallest absolute Gasteiger partial charge is 0.323 e. The second kappa shape index (κ2) is 9.33. The van der Waals surface area contributed by atoms with Crippen LogP contribution in [0, 0.1) is 0 Å². The van der Waals surface area contributed by atoms with Crippen molar-refractivity contribution in [1.82, 2.24) is 4.90 Å². The van der Waals surface area contributed by atoms with E-state index in [1.165, 1.54) is 0 Å². The van der Waals surface area contributed by atoms with Crippen molar-refractivity contribution in [3.05, 3.63) is 0 Å². The van der Waals surface area contributed by atoms with E-state index < -0.39 is 12.1 Å². The molecule has 0 aliphatic rings. The predicted octanol–water partition coefficient (Wildman–Crippen LogP) is 1.59. The Hall–Kier alpha value is -0.620. The molecule has 5 nitrogen and oxygen atoms in total. The summed E-state index contributed by atoms with van der Waals surface area (Å²) < 4.78 is 9.95. The molecule has 0 saturated carbocycles. The van der Waals surface area contributed by atoms with Gasteiger partial charge in [-0.1, -0.05) is 15.9 Å². The number of hydrogen-bond donors (Lipinski definition) is 0. The highest BCUT2D eigenvalue weighted by Gasteiger charge is 2.30. The zero-order chi connectivity index (χ0) is 14.1. The highest BCUT2D eigenvalue weighted by atomic mass is 79.9. The predicted molar refractivity (Wildman–Crippen MR) is 72.7 cm³/mol. The molecule has 0 aliphatic heterocycles. The number of hydrogen-bond acceptors (Lipinski definition) is 5. The molecule has 0 radical (unpaired) electrons. The third-order valence-corrected chi connectivity index (χ3v) is 2.95. The minimum Gasteiger partial charge on any atom is -0.465 e. The van der Waals surface area contributed by atoms with Gasteiger partial charge in [-0.3, -0.25) is 14.5 Å². The first-order valence-corrected chi connectivity index (χ1v) is 7.26. The first kappa shape index (κ1) is 17.4. The van der Waals surface area contributed by atoms with Crippen molar-refractivity contribution in [1.29, 1.82) is 0 Å². The van der Waals surface area contributed by atoms with Crippen molar-refractivity contribution in [3.8, 4) is 0 Å². The third kappa shape index (κ3) is 5.35. The van der Waals surface area contributed by atoms with Crippen LogP contribution in [0.1, 0.15) is 27.7 Å². The third-order valence-electron chi connectivity index (χ3n) is 2.59. The van der Waals surface area contributed by atoms with Gasteiger partial charge in [0.25, 0.3) is 0 Å². The van der Waals surface area contributed by atoms with Crippen molar-refractivity contribution in [3.63, 3.8) is 0 Å². The molecule has 0 fully saturated rings. The Morgan fingerprint density at radius 1 is 1.06 bits per heavy atom. The van der Waals surface area contributed by atoms with Gasteiger partial charge in [0.15, 0.2) is 0 Å². The fourth-order valence-electron chi connectivity index (χ4n) is 1.62. The second-order valence-electron chi connectivity index (χ2n) is 3.78. The Morgan fingerprint density at radius 2 is 1.44 bits per heavy atom. The monoisotopic (exact) mass is 323 g/mol. The molecule has 106 valence electrons. The molecule has 0 spiro atoms. The zero-order valence-electron chi connectivity index (χ0n) is 11.4. The van der Waals surface area contributed by atoms with Gasteiger partial charge in [0.2, 0.25) is 0 Å². The van der Waals surface area contributed by atoms with Crippen molar-refractivity contribution in [2.45, 2.75) is 39.8 Å². The zero-order valence-corrected chi connectivity index (χ0v) is 13.0. The minimum absolute atomic E-state index is 0.324. The lowest BCUT2D eigenvalue weighted by Crippen LogP contribution is -2.49. The molecule has 0 aromatic rings. The molecular formula is C12H22BrNO4. The van der Waals surface area contributed by atoms with Crippen molar-refractivity contribution in [2.24, 2.45) is 0 Å². The molecule has 0 aliphatic carbocycles. The van der Waals surface area contributed by atoms with Gasteiger partial charge >= 0.3 is 11.9 Å². The topological polar surface area (TPSA) is 55.8 Å². The van der Waals surface area contributed by atoms with E-state index in [9.17, 15) is 9.59 Å². The molecule has 18 heavy (non-hydrogen) atoms. The van der Waals surface area contributed by atoms with Gasteiger partial charge < -0.3 is 9.47 Å². The molecule has 2 atom stereocenters. The lowest BCUT2D eigenvalue weighted by molar-refractivity contribution is -0.155. The summed E-state index contributed by atoms with van der Waals surface area (Å²) in [6, 6.07) is -0.941. The number of rotatable bonds is 8. The van der Waals surface area contributed by atoms with E-state index in [-0.39, 0.29) is 11.9 Å². The van der Waals surface area contributed by atoms with Gasteiger partial charge in [0.05, 0.1) is 13.2 Å². The molecule has 0 N–H and O–H groups in total. The van der Waals surface area contributed by atoms with Crippen molar-refractivity contribution >= 4 is 27.9 Å². The molecule has 0 aromatic heterocycles. The van der Waals surface area contributed by atoms with Crippen molar-refractivity contribution < 1.29 is 19.1 Å². The molecular weight excluding hydrogens is 302 g/mol. The maximum Gasteiger partial charge on any atom is 0.323 e. The molecule has 6 heteroatoms. The standard InChI is InChI=1S/C12H22BrNO4/c1-5-17-11(15)9(3)14(8-7-13)10(4)12(16)18-6-2/h9-10H,5-8H2,1-4H3. The van der Waals surface area contributed by atoms with Crippen LogP contribution in [-0.4, -0.2) is 54.0 Å². The van der Waals surface area contributed by atoms with Crippen LogP contribution in [0.2, 0.25) is 0 Å². The van der Waals surface area contributed by atoms with E-state index in [1.807, 2.05) is 0 Å². The average Bonchev–Trinajstić information content (AvgIpc) is 2.35. The molecule has 0 saturated heterocycles.